The van der Waals surface area contributed by atoms with E-state index in [1.165, 1.54) is 0 Å². The Hall–Kier alpha value is -3.02. The zero-order chi connectivity index (χ0) is 18.7. The molecule has 6 nitrogen and oxygen atoms in total. The van der Waals surface area contributed by atoms with Gasteiger partial charge >= 0.3 is 5.97 Å². The van der Waals surface area contributed by atoms with Crippen LogP contribution >= 0.6 is 0 Å². The Kier molecular flexibility index (Phi) is 4.84. The van der Waals surface area contributed by atoms with Crippen LogP contribution in [0, 0.1) is 6.92 Å². The Morgan fingerprint density at radius 2 is 1.85 bits per heavy atom. The molecule has 0 radical (unpaired) electrons. The number of hydrogen-bond acceptors (Lipinski definition) is 5. The van der Waals surface area contributed by atoms with Gasteiger partial charge in [-0.15, -0.1) is 0 Å². The van der Waals surface area contributed by atoms with Crippen LogP contribution in [0.3, 0.4) is 0 Å². The number of ether oxygens (including phenoxy) is 2. The summed E-state index contributed by atoms with van der Waals surface area (Å²) in [6, 6.07) is 12.9. The predicted octanol–water partition coefficient (Wildman–Crippen LogP) is 2.97. The Morgan fingerprint density at radius 1 is 1.12 bits per heavy atom. The average molecular weight is 354 g/mol. The summed E-state index contributed by atoms with van der Waals surface area (Å²) in [6.07, 6.45) is 0. The van der Waals surface area contributed by atoms with Gasteiger partial charge in [-0.05, 0) is 50.1 Å². The fourth-order valence-electron chi connectivity index (χ4n) is 2.97. The number of fused-ring (bicyclic) bond motifs is 1. The number of amides is 1. The molecule has 3 rings (SSSR count). The molecule has 0 bridgehead atoms. The molecule has 136 valence electrons. The van der Waals surface area contributed by atoms with Crippen LogP contribution in [0.1, 0.15) is 35.3 Å². The van der Waals surface area contributed by atoms with Crippen molar-refractivity contribution in [3.63, 3.8) is 0 Å². The topological polar surface area (TPSA) is 76.7 Å². The number of aryl methyl sites for hydroxylation is 1. The number of benzene rings is 2. The number of para-hydroxylation sites is 1. The summed E-state index contributed by atoms with van der Waals surface area (Å²) in [6.45, 7) is 5.82. The van der Waals surface area contributed by atoms with E-state index in [1.807, 2.05) is 38.1 Å². The molecule has 2 aromatic carbocycles. The van der Waals surface area contributed by atoms with Crippen LogP contribution in [0.4, 0.5) is 5.69 Å². The highest BCUT2D eigenvalue weighted by Gasteiger charge is 2.35. The van der Waals surface area contributed by atoms with Gasteiger partial charge in [-0.25, -0.2) is 4.79 Å². The second kappa shape index (κ2) is 7.07. The SMILES string of the molecule is CCOC(=O)COc1ccc([C@]2(C)NC(=O)c3cccc(C)c3N2)cc1. The van der Waals surface area contributed by atoms with Gasteiger partial charge in [-0.1, -0.05) is 24.3 Å². The molecule has 0 saturated heterocycles. The summed E-state index contributed by atoms with van der Waals surface area (Å²) in [4.78, 5) is 23.9. The second-order valence-electron chi connectivity index (χ2n) is 6.32. The van der Waals surface area contributed by atoms with Crippen LogP contribution in [-0.4, -0.2) is 25.1 Å². The van der Waals surface area contributed by atoms with Crippen molar-refractivity contribution >= 4 is 17.6 Å². The van der Waals surface area contributed by atoms with E-state index >= 15 is 0 Å². The first-order valence-electron chi connectivity index (χ1n) is 8.52. The zero-order valence-corrected chi connectivity index (χ0v) is 15.1. The molecule has 1 heterocycles. The Morgan fingerprint density at radius 3 is 2.54 bits per heavy atom. The fraction of sp³-hybridized carbons (Fsp3) is 0.300. The molecule has 2 N–H and O–H groups in total. The van der Waals surface area contributed by atoms with E-state index < -0.39 is 11.6 Å². The lowest BCUT2D eigenvalue weighted by molar-refractivity contribution is -0.145. The molecule has 0 spiro atoms. The lowest BCUT2D eigenvalue weighted by Gasteiger charge is -2.38. The van der Waals surface area contributed by atoms with Gasteiger partial charge < -0.3 is 20.1 Å². The number of hydrogen-bond donors (Lipinski definition) is 2. The minimum atomic E-state index is -0.740. The highest BCUT2D eigenvalue weighted by atomic mass is 16.6. The molecule has 1 amide bonds. The third kappa shape index (κ3) is 3.49. The molecule has 0 unspecified atom stereocenters. The van der Waals surface area contributed by atoms with Crippen LogP contribution < -0.4 is 15.4 Å². The van der Waals surface area contributed by atoms with Gasteiger partial charge in [0.15, 0.2) is 6.61 Å². The van der Waals surface area contributed by atoms with Gasteiger partial charge in [0.25, 0.3) is 5.91 Å². The fourth-order valence-corrected chi connectivity index (χ4v) is 2.97. The van der Waals surface area contributed by atoms with Crippen molar-refractivity contribution in [2.75, 3.05) is 18.5 Å². The van der Waals surface area contributed by atoms with E-state index in [-0.39, 0.29) is 12.5 Å². The zero-order valence-electron chi connectivity index (χ0n) is 15.1. The van der Waals surface area contributed by atoms with Crippen LogP contribution in [-0.2, 0) is 15.2 Å². The van der Waals surface area contributed by atoms with Crippen LogP contribution in [0.2, 0.25) is 0 Å². The number of esters is 1. The quantitative estimate of drug-likeness (QED) is 0.808. The normalized spacial score (nSPS) is 18.3. The Balaban J connectivity index is 1.78. The molecule has 0 fully saturated rings. The molecule has 6 heteroatoms. The minimum Gasteiger partial charge on any atom is -0.482 e. The first-order chi connectivity index (χ1) is 12.4. The third-order valence-electron chi connectivity index (χ3n) is 4.35. The molecule has 1 aliphatic heterocycles. The van der Waals surface area contributed by atoms with Gasteiger partial charge in [0, 0.05) is 0 Å². The van der Waals surface area contributed by atoms with Crippen molar-refractivity contribution in [2.24, 2.45) is 0 Å². The standard InChI is InChI=1S/C20H22N2O4/c1-4-25-17(23)12-26-15-10-8-14(9-11-15)20(3)21-18-13(2)6-5-7-16(18)19(24)22-20/h5-11,21H,4,12H2,1-3H3,(H,22,24)/t20-/m0/s1. The molecular formula is C20H22N2O4. The molecule has 0 saturated carbocycles. The summed E-state index contributed by atoms with van der Waals surface area (Å²) in [5, 5.41) is 6.44. The van der Waals surface area contributed by atoms with Gasteiger partial charge in [0.1, 0.15) is 11.4 Å². The van der Waals surface area contributed by atoms with E-state index in [0.29, 0.717) is 17.9 Å². The summed E-state index contributed by atoms with van der Waals surface area (Å²) in [5.74, 6) is 0.0357. The van der Waals surface area contributed by atoms with E-state index in [9.17, 15) is 9.59 Å². The highest BCUT2D eigenvalue weighted by molar-refractivity contribution is 6.02. The van der Waals surface area contributed by atoms with E-state index in [4.69, 9.17) is 9.47 Å². The van der Waals surface area contributed by atoms with Gasteiger partial charge in [-0.3, -0.25) is 4.79 Å². The van der Waals surface area contributed by atoms with Gasteiger partial charge in [0.2, 0.25) is 0 Å². The van der Waals surface area contributed by atoms with Crippen molar-refractivity contribution in [1.82, 2.24) is 5.32 Å². The highest BCUT2D eigenvalue weighted by Crippen LogP contribution is 2.33. The molecule has 0 aliphatic carbocycles. The van der Waals surface area contributed by atoms with Gasteiger partial charge in [0.05, 0.1) is 17.9 Å². The van der Waals surface area contributed by atoms with E-state index in [2.05, 4.69) is 10.6 Å². The van der Waals surface area contributed by atoms with Crippen LogP contribution in [0.5, 0.6) is 5.75 Å². The number of rotatable bonds is 5. The van der Waals surface area contributed by atoms with Crippen LogP contribution in [0.25, 0.3) is 0 Å². The summed E-state index contributed by atoms with van der Waals surface area (Å²) in [5.41, 5.74) is 2.62. The number of carbonyl (C=O) groups is 2. The van der Waals surface area contributed by atoms with Gasteiger partial charge in [-0.2, -0.15) is 0 Å². The summed E-state index contributed by atoms with van der Waals surface area (Å²) < 4.78 is 10.2. The first-order valence-corrected chi connectivity index (χ1v) is 8.52. The first kappa shape index (κ1) is 17.8. The molecule has 1 aliphatic rings. The maximum Gasteiger partial charge on any atom is 0.344 e. The molecule has 0 aromatic heterocycles. The van der Waals surface area contributed by atoms with Crippen molar-refractivity contribution < 1.29 is 19.1 Å². The number of nitrogens with one attached hydrogen (secondary N) is 2. The Labute approximate surface area is 152 Å². The number of anilines is 1. The molecular weight excluding hydrogens is 332 g/mol. The molecule has 1 atom stereocenters. The van der Waals surface area contributed by atoms with E-state index in [0.717, 1.165) is 16.8 Å². The average Bonchev–Trinajstić information content (AvgIpc) is 2.62. The summed E-state index contributed by atoms with van der Waals surface area (Å²) in [7, 11) is 0. The lowest BCUT2D eigenvalue weighted by Crippen LogP contribution is -2.53. The largest absolute Gasteiger partial charge is 0.482 e. The van der Waals surface area contributed by atoms with Crippen molar-refractivity contribution in [3.8, 4) is 5.75 Å². The van der Waals surface area contributed by atoms with Crippen molar-refractivity contribution in [2.45, 2.75) is 26.4 Å². The monoisotopic (exact) mass is 354 g/mol. The van der Waals surface area contributed by atoms with Crippen molar-refractivity contribution in [1.29, 1.82) is 0 Å². The molecule has 2 aromatic rings. The Bertz CT molecular complexity index is 832. The second-order valence-corrected chi connectivity index (χ2v) is 6.32. The van der Waals surface area contributed by atoms with Crippen LogP contribution in [0.15, 0.2) is 42.5 Å². The summed E-state index contributed by atoms with van der Waals surface area (Å²) >= 11 is 0. The maximum atomic E-state index is 12.5. The van der Waals surface area contributed by atoms with Crippen molar-refractivity contribution in [3.05, 3.63) is 59.2 Å². The minimum absolute atomic E-state index is 0.118. The maximum absolute atomic E-state index is 12.5. The predicted molar refractivity (Wildman–Crippen MR) is 98.2 cm³/mol. The number of carbonyl (C=O) groups excluding carboxylic acids is 2. The smallest absolute Gasteiger partial charge is 0.344 e. The lowest BCUT2D eigenvalue weighted by atomic mass is 9.94. The van der Waals surface area contributed by atoms with E-state index in [1.54, 1.807) is 25.1 Å². The third-order valence-corrected chi connectivity index (χ3v) is 4.35. The molecule has 26 heavy (non-hydrogen) atoms.